The number of hydrogen-bond donors (Lipinski definition) is 0. The lowest BCUT2D eigenvalue weighted by Gasteiger charge is -2.18. The molecule has 0 aromatic heterocycles. The molecule has 2 fully saturated rings. The fourth-order valence-corrected chi connectivity index (χ4v) is 3.73. The van der Waals surface area contributed by atoms with E-state index in [9.17, 15) is 0 Å². The van der Waals surface area contributed by atoms with Crippen molar-refractivity contribution in [3.8, 4) is 0 Å². The summed E-state index contributed by atoms with van der Waals surface area (Å²) < 4.78 is 0. The molecule has 3 rings (SSSR count). The summed E-state index contributed by atoms with van der Waals surface area (Å²) in [6, 6.07) is 8.48. The number of nitrogens with zero attached hydrogens (tertiary/aromatic N) is 4. The summed E-state index contributed by atoms with van der Waals surface area (Å²) in [5.41, 5.74) is 2.33. The molecule has 2 heterocycles. The van der Waals surface area contributed by atoms with Crippen LogP contribution >= 0.6 is 11.8 Å². The highest BCUT2D eigenvalue weighted by atomic mass is 32.2. The summed E-state index contributed by atoms with van der Waals surface area (Å²) in [6.45, 7) is 5.38. The number of benzene rings is 1. The van der Waals surface area contributed by atoms with Crippen molar-refractivity contribution in [2.24, 2.45) is 9.98 Å². The molecule has 2 saturated heterocycles. The van der Waals surface area contributed by atoms with Crippen molar-refractivity contribution < 1.29 is 0 Å². The average molecular weight is 316 g/mol. The van der Waals surface area contributed by atoms with E-state index >= 15 is 0 Å². The molecular weight excluding hydrogens is 292 g/mol. The van der Waals surface area contributed by atoms with E-state index in [0.717, 1.165) is 48.6 Å². The molecule has 22 heavy (non-hydrogen) atoms. The molecule has 5 heteroatoms. The molecule has 0 N–H and O–H groups in total. The average Bonchev–Trinajstić information content (AvgIpc) is 3.19. The number of guanidine groups is 1. The van der Waals surface area contributed by atoms with Gasteiger partial charge in [-0.3, -0.25) is 0 Å². The number of rotatable bonds is 2. The van der Waals surface area contributed by atoms with Crippen molar-refractivity contribution in [3.63, 3.8) is 0 Å². The Hall–Kier alpha value is -1.49. The zero-order chi connectivity index (χ0) is 15.4. The summed E-state index contributed by atoms with van der Waals surface area (Å²) in [4.78, 5) is 14.3. The monoisotopic (exact) mass is 316 g/mol. The number of likely N-dealkylation sites (tertiary alicyclic amines) is 1. The largest absolute Gasteiger partial charge is 0.353 e. The number of thioether (sulfide) groups is 1. The van der Waals surface area contributed by atoms with Gasteiger partial charge in [-0.2, -0.15) is 4.99 Å². The zero-order valence-corrected chi connectivity index (χ0v) is 14.3. The molecule has 0 saturated carbocycles. The third-order valence-corrected chi connectivity index (χ3v) is 5.16. The number of hydrogen-bond acceptors (Lipinski definition) is 2. The van der Waals surface area contributed by atoms with E-state index in [2.05, 4.69) is 48.0 Å². The Kier molecular flexibility index (Phi) is 5.03. The molecule has 4 nitrogen and oxygen atoms in total. The zero-order valence-electron chi connectivity index (χ0n) is 13.5. The molecule has 0 bridgehead atoms. The predicted molar refractivity (Wildman–Crippen MR) is 96.2 cm³/mol. The van der Waals surface area contributed by atoms with Crippen LogP contribution in [0.15, 0.2) is 34.3 Å². The lowest BCUT2D eigenvalue weighted by molar-refractivity contribution is 0.510. The number of aliphatic imine (C=N–C) groups is 2. The van der Waals surface area contributed by atoms with E-state index < -0.39 is 0 Å². The van der Waals surface area contributed by atoms with Crippen molar-refractivity contribution in [2.45, 2.75) is 26.2 Å². The highest BCUT2D eigenvalue weighted by molar-refractivity contribution is 8.14. The Labute approximate surface area is 137 Å². The fourth-order valence-electron chi connectivity index (χ4n) is 2.73. The Morgan fingerprint density at radius 3 is 2.73 bits per heavy atom. The van der Waals surface area contributed by atoms with Crippen molar-refractivity contribution in [1.82, 2.24) is 9.80 Å². The van der Waals surface area contributed by atoms with Gasteiger partial charge in [0, 0.05) is 32.4 Å². The van der Waals surface area contributed by atoms with E-state index in [1.54, 1.807) is 0 Å². The molecule has 1 aromatic rings. The minimum absolute atomic E-state index is 0.877. The fraction of sp³-hybridized carbons (Fsp3) is 0.529. The third-order valence-electron chi connectivity index (χ3n) is 4.12. The maximum atomic E-state index is 4.87. The van der Waals surface area contributed by atoms with Gasteiger partial charge in [0.15, 0.2) is 5.17 Å². The molecule has 1 aromatic carbocycles. The van der Waals surface area contributed by atoms with E-state index in [-0.39, 0.29) is 0 Å². The molecule has 0 radical (unpaired) electrons. The smallest absolute Gasteiger partial charge is 0.228 e. The minimum atomic E-state index is 0.877. The van der Waals surface area contributed by atoms with Gasteiger partial charge in [0.1, 0.15) is 0 Å². The quantitative estimate of drug-likeness (QED) is 0.619. The molecular formula is C17H24N4S. The minimum Gasteiger partial charge on any atom is -0.353 e. The predicted octanol–water partition coefficient (Wildman–Crippen LogP) is 3.37. The van der Waals surface area contributed by atoms with E-state index in [4.69, 9.17) is 9.98 Å². The molecule has 0 amide bonds. The van der Waals surface area contributed by atoms with Crippen molar-refractivity contribution >= 4 is 28.6 Å². The van der Waals surface area contributed by atoms with Crippen LogP contribution in [-0.4, -0.2) is 53.4 Å². The van der Waals surface area contributed by atoms with Gasteiger partial charge in [0.05, 0.1) is 5.69 Å². The molecule has 118 valence electrons. The normalized spacial score (nSPS) is 21.2. The van der Waals surface area contributed by atoms with Crippen molar-refractivity contribution in [3.05, 3.63) is 29.8 Å². The van der Waals surface area contributed by atoms with Crippen LogP contribution in [0.5, 0.6) is 0 Å². The Morgan fingerprint density at radius 2 is 2.05 bits per heavy atom. The molecule has 0 spiro atoms. The first-order chi connectivity index (χ1) is 10.8. The van der Waals surface area contributed by atoms with Gasteiger partial charge in [-0.1, -0.05) is 30.8 Å². The van der Waals surface area contributed by atoms with Gasteiger partial charge in [-0.25, -0.2) is 4.99 Å². The van der Waals surface area contributed by atoms with Crippen LogP contribution in [0.2, 0.25) is 0 Å². The molecule has 0 atom stereocenters. The van der Waals surface area contributed by atoms with Gasteiger partial charge in [-0.15, -0.1) is 0 Å². The Balaban J connectivity index is 1.91. The molecule has 0 aliphatic carbocycles. The summed E-state index contributed by atoms with van der Waals surface area (Å²) in [7, 11) is 2.11. The highest BCUT2D eigenvalue weighted by Gasteiger charge is 2.20. The van der Waals surface area contributed by atoms with Crippen LogP contribution < -0.4 is 0 Å². The first-order valence-electron chi connectivity index (χ1n) is 8.11. The maximum Gasteiger partial charge on any atom is 0.228 e. The van der Waals surface area contributed by atoms with Crippen LogP contribution in [-0.2, 0) is 6.42 Å². The second-order valence-corrected chi connectivity index (χ2v) is 6.86. The summed E-state index contributed by atoms with van der Waals surface area (Å²) >= 11 is 1.82. The molecule has 2 aliphatic rings. The summed E-state index contributed by atoms with van der Waals surface area (Å²) in [5, 5.41) is 1.09. The van der Waals surface area contributed by atoms with E-state index in [1.807, 2.05) is 11.8 Å². The number of amidine groups is 1. The lowest BCUT2D eigenvalue weighted by Crippen LogP contribution is -2.29. The first-order valence-corrected chi connectivity index (χ1v) is 9.10. The van der Waals surface area contributed by atoms with Gasteiger partial charge < -0.3 is 9.80 Å². The Morgan fingerprint density at radius 1 is 1.23 bits per heavy atom. The van der Waals surface area contributed by atoms with Crippen LogP contribution in [0.3, 0.4) is 0 Å². The van der Waals surface area contributed by atoms with Crippen LogP contribution in [0.1, 0.15) is 25.3 Å². The molecule has 0 unspecified atom stereocenters. The van der Waals surface area contributed by atoms with E-state index in [0.29, 0.717) is 0 Å². The van der Waals surface area contributed by atoms with Crippen LogP contribution in [0.4, 0.5) is 5.69 Å². The van der Waals surface area contributed by atoms with Gasteiger partial charge >= 0.3 is 0 Å². The second kappa shape index (κ2) is 7.18. The lowest BCUT2D eigenvalue weighted by atomic mass is 10.1. The molecule has 2 aliphatic heterocycles. The maximum absolute atomic E-state index is 4.87. The number of aryl methyl sites for hydroxylation is 1. The van der Waals surface area contributed by atoms with Crippen LogP contribution in [0.25, 0.3) is 0 Å². The van der Waals surface area contributed by atoms with Crippen LogP contribution in [0, 0.1) is 0 Å². The summed E-state index contributed by atoms with van der Waals surface area (Å²) in [5.74, 6) is 2.00. The Bertz CT molecular complexity index is 576. The van der Waals surface area contributed by atoms with Gasteiger partial charge in [0.2, 0.25) is 5.96 Å². The second-order valence-electron chi connectivity index (χ2n) is 5.79. The van der Waals surface area contributed by atoms with Gasteiger partial charge in [0.25, 0.3) is 0 Å². The first kappa shape index (κ1) is 15.4. The SMILES string of the molecule is CCc1cccc(N=C(N=C2SCCN2C)N2CCCC2)c1. The van der Waals surface area contributed by atoms with E-state index in [1.165, 1.54) is 18.4 Å². The highest BCUT2D eigenvalue weighted by Crippen LogP contribution is 2.21. The van der Waals surface area contributed by atoms with Gasteiger partial charge in [-0.05, 0) is 37.0 Å². The topological polar surface area (TPSA) is 31.2 Å². The standard InChI is InChI=1S/C17H24N4S/c1-3-14-7-6-8-15(13-14)18-16(21-9-4-5-10-21)19-17-20(2)11-12-22-17/h6-8,13H,3-5,9-12H2,1-2H3. The summed E-state index contributed by atoms with van der Waals surface area (Å²) in [6.07, 6.45) is 3.51. The third kappa shape index (κ3) is 3.64. The van der Waals surface area contributed by atoms with Crippen molar-refractivity contribution in [2.75, 3.05) is 32.4 Å². The van der Waals surface area contributed by atoms with Crippen molar-refractivity contribution in [1.29, 1.82) is 0 Å².